The Morgan fingerprint density at radius 2 is 0.973 bits per heavy atom. The first-order valence-electron chi connectivity index (χ1n) is 12.4. The summed E-state index contributed by atoms with van der Waals surface area (Å²) >= 11 is 0. The highest BCUT2D eigenvalue weighted by atomic mass is 15.2. The van der Waals surface area contributed by atoms with Crippen LogP contribution in [-0.2, 0) is 0 Å². The fourth-order valence-electron chi connectivity index (χ4n) is 5.10. The van der Waals surface area contributed by atoms with E-state index in [1.165, 1.54) is 27.5 Å². The van der Waals surface area contributed by atoms with Crippen LogP contribution in [0.25, 0.3) is 61.3 Å². The van der Waals surface area contributed by atoms with Gasteiger partial charge in [0.1, 0.15) is 0 Å². The first-order chi connectivity index (χ1) is 18.3. The van der Waals surface area contributed by atoms with E-state index >= 15 is 0 Å². The van der Waals surface area contributed by atoms with Crippen LogP contribution in [0.5, 0.6) is 0 Å². The average molecular weight is 474 g/mol. The van der Waals surface area contributed by atoms with Gasteiger partial charge in [-0.15, -0.1) is 0 Å². The third kappa shape index (κ3) is 3.78. The highest BCUT2D eigenvalue weighted by Gasteiger charge is 2.14. The predicted molar refractivity (Wildman–Crippen MR) is 153 cm³/mol. The van der Waals surface area contributed by atoms with Crippen molar-refractivity contribution in [3.63, 3.8) is 0 Å². The van der Waals surface area contributed by atoms with Gasteiger partial charge in [-0.25, -0.2) is 9.97 Å². The summed E-state index contributed by atoms with van der Waals surface area (Å²) in [5.74, 6) is 0.674. The van der Waals surface area contributed by atoms with Gasteiger partial charge >= 0.3 is 0 Å². The Morgan fingerprint density at radius 3 is 1.68 bits per heavy atom. The van der Waals surface area contributed by atoms with Gasteiger partial charge in [0.25, 0.3) is 0 Å². The maximum absolute atomic E-state index is 5.03. The fourth-order valence-corrected chi connectivity index (χ4v) is 5.10. The number of benzene rings is 5. The maximum atomic E-state index is 5.03. The van der Waals surface area contributed by atoms with Crippen LogP contribution in [0.2, 0.25) is 0 Å². The second kappa shape index (κ2) is 8.89. The summed E-state index contributed by atoms with van der Waals surface area (Å²) in [5, 5.41) is 2.40. The second-order valence-electron chi connectivity index (χ2n) is 9.14. The molecule has 2 heterocycles. The highest BCUT2D eigenvalue weighted by molar-refractivity contribution is 6.08. The van der Waals surface area contributed by atoms with Crippen molar-refractivity contribution in [3.8, 4) is 39.5 Å². The Labute approximate surface area is 215 Å². The number of fused-ring (bicyclic) bond motifs is 3. The van der Waals surface area contributed by atoms with Crippen molar-refractivity contribution in [2.24, 2.45) is 0 Å². The fraction of sp³-hybridized carbons (Fsp3) is 0. The van der Waals surface area contributed by atoms with Gasteiger partial charge in [-0.2, -0.15) is 0 Å². The number of para-hydroxylation sites is 2. The Morgan fingerprint density at radius 1 is 0.432 bits per heavy atom. The third-order valence-electron chi connectivity index (χ3n) is 6.91. The van der Waals surface area contributed by atoms with Crippen LogP contribution in [0, 0.1) is 0 Å². The summed E-state index contributed by atoms with van der Waals surface area (Å²) in [6, 6.07) is 46.6. The molecule has 2 aromatic heterocycles. The molecule has 0 spiro atoms. The number of rotatable bonds is 4. The van der Waals surface area contributed by atoms with Gasteiger partial charge in [0, 0.05) is 22.5 Å². The molecule has 0 radical (unpaired) electrons. The van der Waals surface area contributed by atoms with Crippen LogP contribution < -0.4 is 0 Å². The summed E-state index contributed by atoms with van der Waals surface area (Å²) in [6.45, 7) is 0. The summed E-state index contributed by atoms with van der Waals surface area (Å²) in [6.07, 6.45) is 1.85. The molecule has 7 rings (SSSR count). The van der Waals surface area contributed by atoms with Crippen molar-refractivity contribution in [2.75, 3.05) is 0 Å². The molecular formula is C34H23N3. The maximum Gasteiger partial charge on any atom is 0.235 e. The van der Waals surface area contributed by atoms with Gasteiger partial charge in [0.05, 0.1) is 16.7 Å². The largest absolute Gasteiger partial charge is 0.278 e. The van der Waals surface area contributed by atoms with E-state index in [9.17, 15) is 0 Å². The molecule has 5 aromatic carbocycles. The molecule has 0 saturated carbocycles. The molecule has 0 amide bonds. The Kier molecular flexibility index (Phi) is 5.11. The minimum absolute atomic E-state index is 0.674. The Hall–Kier alpha value is -5.02. The molecule has 0 saturated heterocycles. The second-order valence-corrected chi connectivity index (χ2v) is 9.14. The van der Waals surface area contributed by atoms with Crippen LogP contribution >= 0.6 is 0 Å². The van der Waals surface area contributed by atoms with Crippen LogP contribution in [0.1, 0.15) is 0 Å². The number of hydrogen-bond donors (Lipinski definition) is 0. The lowest BCUT2D eigenvalue weighted by Crippen LogP contribution is -2.01. The average Bonchev–Trinajstić information content (AvgIpc) is 3.32. The van der Waals surface area contributed by atoms with E-state index < -0.39 is 0 Å². The van der Waals surface area contributed by atoms with Gasteiger partial charge in [-0.1, -0.05) is 109 Å². The highest BCUT2D eigenvalue weighted by Crippen LogP contribution is 2.32. The van der Waals surface area contributed by atoms with Gasteiger partial charge in [0.15, 0.2) is 0 Å². The van der Waals surface area contributed by atoms with Crippen molar-refractivity contribution < 1.29 is 0 Å². The van der Waals surface area contributed by atoms with E-state index in [0.717, 1.165) is 27.9 Å². The molecule has 174 valence electrons. The zero-order valence-electron chi connectivity index (χ0n) is 20.1. The van der Waals surface area contributed by atoms with E-state index in [2.05, 4.69) is 131 Å². The van der Waals surface area contributed by atoms with E-state index in [4.69, 9.17) is 4.98 Å². The molecule has 0 aliphatic carbocycles. The van der Waals surface area contributed by atoms with Crippen molar-refractivity contribution in [1.29, 1.82) is 0 Å². The minimum Gasteiger partial charge on any atom is -0.278 e. The summed E-state index contributed by atoms with van der Waals surface area (Å²) in [4.78, 5) is 9.70. The van der Waals surface area contributed by atoms with Crippen LogP contribution in [0.4, 0.5) is 0 Å². The first kappa shape index (κ1) is 21.3. The Bertz CT molecular complexity index is 1810. The summed E-state index contributed by atoms with van der Waals surface area (Å²) in [7, 11) is 0. The number of aromatic nitrogens is 3. The molecule has 0 bridgehead atoms. The summed E-state index contributed by atoms with van der Waals surface area (Å²) < 4.78 is 2.15. The number of hydrogen-bond acceptors (Lipinski definition) is 2. The van der Waals surface area contributed by atoms with E-state index in [0.29, 0.717) is 5.95 Å². The van der Waals surface area contributed by atoms with E-state index in [1.54, 1.807) is 0 Å². The molecule has 0 aliphatic rings. The molecule has 0 atom stereocenters. The van der Waals surface area contributed by atoms with Crippen LogP contribution in [-0.4, -0.2) is 14.5 Å². The minimum atomic E-state index is 0.674. The van der Waals surface area contributed by atoms with Gasteiger partial charge < -0.3 is 0 Å². The molecule has 0 unspecified atom stereocenters. The lowest BCUT2D eigenvalue weighted by atomic mass is 9.98. The molecule has 0 aliphatic heterocycles. The van der Waals surface area contributed by atoms with Gasteiger partial charge in [-0.3, -0.25) is 4.57 Å². The van der Waals surface area contributed by atoms with Crippen molar-refractivity contribution in [2.45, 2.75) is 0 Å². The van der Waals surface area contributed by atoms with Crippen LogP contribution in [0.15, 0.2) is 140 Å². The van der Waals surface area contributed by atoms with Crippen molar-refractivity contribution in [1.82, 2.24) is 14.5 Å². The lowest BCUT2D eigenvalue weighted by Gasteiger charge is -2.10. The summed E-state index contributed by atoms with van der Waals surface area (Å²) in [5.41, 5.74) is 8.95. The molecule has 7 aromatic rings. The van der Waals surface area contributed by atoms with Gasteiger partial charge in [0.2, 0.25) is 5.95 Å². The molecule has 37 heavy (non-hydrogen) atoms. The SMILES string of the molecule is c1ccc(-c2ccc(-c3cccc(-c4ccnc(-n5c6ccccc6c6ccccc65)n4)c3)cc2)cc1. The molecule has 0 fully saturated rings. The standard InChI is InChI=1S/C34H23N3/c1-2-9-24(10-3-1)25-17-19-26(20-18-25)27-11-8-12-28(23-27)31-21-22-35-34(36-31)37-32-15-6-4-13-29(32)30-14-5-7-16-33(30)37/h1-23H. The lowest BCUT2D eigenvalue weighted by molar-refractivity contribution is 0.992. The normalized spacial score (nSPS) is 11.2. The molecule has 3 nitrogen and oxygen atoms in total. The Balaban J connectivity index is 1.29. The zero-order valence-corrected chi connectivity index (χ0v) is 20.1. The smallest absolute Gasteiger partial charge is 0.235 e. The molecular weight excluding hydrogens is 450 g/mol. The zero-order chi connectivity index (χ0) is 24.6. The monoisotopic (exact) mass is 473 g/mol. The topological polar surface area (TPSA) is 30.7 Å². The van der Waals surface area contributed by atoms with E-state index in [-0.39, 0.29) is 0 Å². The quantitative estimate of drug-likeness (QED) is 0.256. The third-order valence-corrected chi connectivity index (χ3v) is 6.91. The molecule has 0 N–H and O–H groups in total. The predicted octanol–water partition coefficient (Wildman–Crippen LogP) is 8.57. The van der Waals surface area contributed by atoms with Gasteiger partial charge in [-0.05, 0) is 46.5 Å². The molecule has 3 heteroatoms. The van der Waals surface area contributed by atoms with E-state index in [1.807, 2.05) is 18.3 Å². The first-order valence-corrected chi connectivity index (χ1v) is 12.4. The van der Waals surface area contributed by atoms with Crippen molar-refractivity contribution in [3.05, 3.63) is 140 Å². The van der Waals surface area contributed by atoms with Crippen LogP contribution in [0.3, 0.4) is 0 Å². The number of nitrogens with zero attached hydrogens (tertiary/aromatic N) is 3. The van der Waals surface area contributed by atoms with Crippen molar-refractivity contribution >= 4 is 21.8 Å².